The summed E-state index contributed by atoms with van der Waals surface area (Å²) in [5.41, 5.74) is 2.82. The summed E-state index contributed by atoms with van der Waals surface area (Å²) in [6, 6.07) is 0. The molecule has 0 saturated heterocycles. The molecule has 3 nitrogen and oxygen atoms in total. The highest BCUT2D eigenvalue weighted by atomic mass is 16.3. The molecule has 3 heteroatoms. The van der Waals surface area contributed by atoms with Crippen molar-refractivity contribution in [3.05, 3.63) is 47.6 Å². The lowest BCUT2D eigenvalue weighted by molar-refractivity contribution is 0.0607. The predicted molar refractivity (Wildman–Crippen MR) is 128 cm³/mol. The van der Waals surface area contributed by atoms with Gasteiger partial charge in [0.25, 0.3) is 0 Å². The lowest BCUT2D eigenvalue weighted by atomic mass is 9.61. The van der Waals surface area contributed by atoms with Gasteiger partial charge in [-0.15, -0.1) is 0 Å². The summed E-state index contributed by atoms with van der Waals surface area (Å²) >= 11 is 0. The summed E-state index contributed by atoms with van der Waals surface area (Å²) in [4.78, 5) is 0. The van der Waals surface area contributed by atoms with Crippen LogP contribution in [0.25, 0.3) is 0 Å². The number of rotatable bonds is 5. The smallest absolute Gasteiger partial charge is 0.0822 e. The van der Waals surface area contributed by atoms with Crippen LogP contribution < -0.4 is 0 Å². The molecule has 0 aromatic heterocycles. The largest absolute Gasteiger partial charge is 0.393 e. The van der Waals surface area contributed by atoms with Crippen LogP contribution in [-0.4, -0.2) is 33.1 Å². The van der Waals surface area contributed by atoms with Crippen LogP contribution in [0.5, 0.6) is 0 Å². The first-order chi connectivity index (χ1) is 14.5. The van der Waals surface area contributed by atoms with E-state index < -0.39 is 17.8 Å². The van der Waals surface area contributed by atoms with E-state index in [1.807, 2.05) is 13.0 Å². The third-order valence-corrected chi connectivity index (χ3v) is 8.84. The Hall–Kier alpha value is -1.16. The highest BCUT2D eigenvalue weighted by Gasteiger charge is 2.50. The Balaban J connectivity index is 1.78. The van der Waals surface area contributed by atoms with Crippen LogP contribution >= 0.6 is 0 Å². The second-order valence-electron chi connectivity index (χ2n) is 11.3. The average Bonchev–Trinajstić information content (AvgIpc) is 3.05. The molecule has 0 heterocycles. The summed E-state index contributed by atoms with van der Waals surface area (Å²) in [6.07, 6.45) is 14.6. The van der Waals surface area contributed by atoms with Gasteiger partial charge in [0.2, 0.25) is 0 Å². The molecule has 0 bridgehead atoms. The molecule has 0 aliphatic heterocycles. The molecular weight excluding hydrogens is 384 g/mol. The maximum absolute atomic E-state index is 10.6. The first-order valence-electron chi connectivity index (χ1n) is 12.3. The third-order valence-electron chi connectivity index (χ3n) is 8.84. The Morgan fingerprint density at radius 1 is 1.16 bits per heavy atom. The third kappa shape index (κ3) is 5.10. The van der Waals surface area contributed by atoms with E-state index in [4.69, 9.17) is 0 Å². The van der Waals surface area contributed by atoms with Crippen molar-refractivity contribution in [3.63, 3.8) is 0 Å². The molecular formula is C28H44O3. The fourth-order valence-electron chi connectivity index (χ4n) is 6.28. The quantitative estimate of drug-likeness (QED) is 0.490. The van der Waals surface area contributed by atoms with Gasteiger partial charge in [0, 0.05) is 6.42 Å². The SMILES string of the molecule is C=C1/C(=C\C=C2/CCC[C@@]3(C)C2CC[C@@H]3[C@H](C)/C=C/[C@@](C)(O)C(C)C)C[C@@H](O)CC1O. The van der Waals surface area contributed by atoms with Gasteiger partial charge in [-0.05, 0) is 85.7 Å². The van der Waals surface area contributed by atoms with Gasteiger partial charge in [0.1, 0.15) is 0 Å². The second kappa shape index (κ2) is 9.37. The lowest BCUT2D eigenvalue weighted by Crippen LogP contribution is -2.36. The number of aliphatic hydroxyl groups is 3. The standard InChI is InChI=1S/C28H44O3/c1-18(2)28(6,31)15-13-19(3)24-11-12-25-21(8-7-14-27(24,25)5)9-10-22-16-23(29)17-26(30)20(22)4/h9-10,13,15,18-19,23-26,29-31H,4,7-8,11-12,14,16-17H2,1-3,5-6H3/b15-13+,21-9+,22-10-/t19-,23-,24-,25?,26?,27-,28-/m1/s1. The Morgan fingerprint density at radius 2 is 1.87 bits per heavy atom. The molecule has 31 heavy (non-hydrogen) atoms. The fraction of sp³-hybridized carbons (Fsp3) is 0.714. The number of aliphatic hydroxyl groups excluding tert-OH is 2. The summed E-state index contributed by atoms with van der Waals surface area (Å²) in [7, 11) is 0. The zero-order chi connectivity index (χ0) is 23.0. The maximum atomic E-state index is 10.6. The molecule has 3 fully saturated rings. The highest BCUT2D eigenvalue weighted by molar-refractivity contribution is 5.38. The van der Waals surface area contributed by atoms with Crippen molar-refractivity contribution in [2.45, 2.75) is 97.4 Å². The number of allylic oxidation sites excluding steroid dienone is 4. The number of fused-ring (bicyclic) bond motifs is 1. The zero-order valence-electron chi connectivity index (χ0n) is 20.3. The molecule has 0 aromatic carbocycles. The van der Waals surface area contributed by atoms with Crippen molar-refractivity contribution in [1.29, 1.82) is 0 Å². The van der Waals surface area contributed by atoms with Gasteiger partial charge in [-0.2, -0.15) is 0 Å². The van der Waals surface area contributed by atoms with Crippen LogP contribution in [-0.2, 0) is 0 Å². The summed E-state index contributed by atoms with van der Waals surface area (Å²) in [6.45, 7) is 14.9. The van der Waals surface area contributed by atoms with E-state index in [0.29, 0.717) is 36.0 Å². The van der Waals surface area contributed by atoms with Gasteiger partial charge in [0.15, 0.2) is 0 Å². The van der Waals surface area contributed by atoms with Crippen LogP contribution in [0.1, 0.15) is 79.6 Å². The van der Waals surface area contributed by atoms with Crippen LogP contribution in [0, 0.1) is 29.1 Å². The van der Waals surface area contributed by atoms with E-state index in [1.165, 1.54) is 31.3 Å². The minimum absolute atomic E-state index is 0.201. The molecule has 0 spiro atoms. The van der Waals surface area contributed by atoms with Gasteiger partial charge < -0.3 is 15.3 Å². The van der Waals surface area contributed by atoms with Crippen molar-refractivity contribution >= 4 is 0 Å². The van der Waals surface area contributed by atoms with Crippen LogP contribution in [0.15, 0.2) is 47.6 Å². The van der Waals surface area contributed by atoms with Crippen LogP contribution in [0.2, 0.25) is 0 Å². The van der Waals surface area contributed by atoms with E-state index in [2.05, 4.69) is 52.5 Å². The van der Waals surface area contributed by atoms with Gasteiger partial charge in [-0.1, -0.05) is 64.2 Å². The Morgan fingerprint density at radius 3 is 2.55 bits per heavy atom. The van der Waals surface area contributed by atoms with E-state index in [1.54, 1.807) is 0 Å². The maximum Gasteiger partial charge on any atom is 0.0822 e. The molecule has 2 unspecified atom stereocenters. The molecule has 0 aromatic rings. The first-order valence-corrected chi connectivity index (χ1v) is 12.3. The Kier molecular flexibility index (Phi) is 7.40. The highest BCUT2D eigenvalue weighted by Crippen LogP contribution is 2.59. The minimum atomic E-state index is -0.755. The molecule has 174 valence electrons. The molecule has 0 radical (unpaired) electrons. The molecule has 3 rings (SSSR count). The van der Waals surface area contributed by atoms with E-state index in [0.717, 1.165) is 17.6 Å². The molecule has 3 saturated carbocycles. The number of hydrogen-bond donors (Lipinski definition) is 3. The summed E-state index contributed by atoms with van der Waals surface area (Å²) < 4.78 is 0. The van der Waals surface area contributed by atoms with Gasteiger partial charge in [-0.25, -0.2) is 0 Å². The van der Waals surface area contributed by atoms with E-state index >= 15 is 0 Å². The van der Waals surface area contributed by atoms with Crippen molar-refractivity contribution in [3.8, 4) is 0 Å². The average molecular weight is 429 g/mol. The van der Waals surface area contributed by atoms with Crippen molar-refractivity contribution in [2.24, 2.45) is 29.1 Å². The first kappa shape index (κ1) is 24.5. The topological polar surface area (TPSA) is 60.7 Å². The van der Waals surface area contributed by atoms with Crippen molar-refractivity contribution < 1.29 is 15.3 Å². The minimum Gasteiger partial charge on any atom is -0.393 e. The van der Waals surface area contributed by atoms with Gasteiger partial charge in [0.05, 0.1) is 17.8 Å². The second-order valence-corrected chi connectivity index (χ2v) is 11.3. The number of hydrogen-bond acceptors (Lipinski definition) is 3. The van der Waals surface area contributed by atoms with Crippen molar-refractivity contribution in [1.82, 2.24) is 0 Å². The lowest BCUT2D eigenvalue weighted by Gasteiger charge is -2.44. The Labute approximate surface area is 189 Å². The van der Waals surface area contributed by atoms with Crippen LogP contribution in [0.3, 0.4) is 0 Å². The molecule has 3 aliphatic rings. The molecule has 7 atom stereocenters. The molecule has 3 N–H and O–H groups in total. The monoisotopic (exact) mass is 428 g/mol. The predicted octanol–water partition coefficient (Wildman–Crippen LogP) is 5.73. The van der Waals surface area contributed by atoms with E-state index in [9.17, 15) is 15.3 Å². The fourth-order valence-corrected chi connectivity index (χ4v) is 6.28. The van der Waals surface area contributed by atoms with Crippen LogP contribution in [0.4, 0.5) is 0 Å². The zero-order valence-corrected chi connectivity index (χ0v) is 20.3. The van der Waals surface area contributed by atoms with Crippen molar-refractivity contribution in [2.75, 3.05) is 0 Å². The molecule has 3 aliphatic carbocycles. The summed E-state index contributed by atoms with van der Waals surface area (Å²) in [5.74, 6) is 1.87. The summed E-state index contributed by atoms with van der Waals surface area (Å²) in [5, 5.41) is 30.8. The normalized spacial score (nSPS) is 40.0. The van der Waals surface area contributed by atoms with Gasteiger partial charge >= 0.3 is 0 Å². The van der Waals surface area contributed by atoms with Gasteiger partial charge in [-0.3, -0.25) is 0 Å². The Bertz CT molecular complexity index is 756. The molecule has 0 amide bonds. The van der Waals surface area contributed by atoms with E-state index in [-0.39, 0.29) is 5.92 Å².